The van der Waals surface area contributed by atoms with Gasteiger partial charge < -0.3 is 20.1 Å². The van der Waals surface area contributed by atoms with E-state index in [0.717, 1.165) is 11.3 Å². The van der Waals surface area contributed by atoms with E-state index in [0.29, 0.717) is 30.9 Å². The lowest BCUT2D eigenvalue weighted by Crippen LogP contribution is -2.37. The van der Waals surface area contributed by atoms with E-state index in [-0.39, 0.29) is 18.4 Å². The van der Waals surface area contributed by atoms with Gasteiger partial charge in [0.2, 0.25) is 5.91 Å². The molecule has 26 heavy (non-hydrogen) atoms. The zero-order chi connectivity index (χ0) is 18.8. The van der Waals surface area contributed by atoms with Crippen molar-refractivity contribution in [2.75, 3.05) is 26.8 Å². The molecule has 0 bridgehead atoms. The number of hydrogen-bond donors (Lipinski definition) is 2. The standard InChI is InChI=1S/C20H24N2O4/c1-3-26-18-7-5-4-6-17(18)20(24)22-14-19(23)21-13-12-15-8-10-16(25-2)11-9-15/h4-11H,3,12-14H2,1-2H3,(H,21,23)(H,22,24). The van der Waals surface area contributed by atoms with Gasteiger partial charge in [0, 0.05) is 6.54 Å². The van der Waals surface area contributed by atoms with Crippen LogP contribution in [0.1, 0.15) is 22.8 Å². The van der Waals surface area contributed by atoms with Gasteiger partial charge in [-0.15, -0.1) is 0 Å². The monoisotopic (exact) mass is 356 g/mol. The van der Waals surface area contributed by atoms with E-state index in [4.69, 9.17) is 9.47 Å². The number of benzene rings is 2. The fraction of sp³-hybridized carbons (Fsp3) is 0.300. The summed E-state index contributed by atoms with van der Waals surface area (Å²) in [5.41, 5.74) is 1.51. The number of amides is 2. The third-order valence-corrected chi connectivity index (χ3v) is 3.74. The van der Waals surface area contributed by atoms with Crippen molar-refractivity contribution >= 4 is 11.8 Å². The molecule has 0 saturated heterocycles. The van der Waals surface area contributed by atoms with Crippen molar-refractivity contribution in [3.05, 3.63) is 59.7 Å². The lowest BCUT2D eigenvalue weighted by molar-refractivity contribution is -0.120. The van der Waals surface area contributed by atoms with Crippen LogP contribution in [0, 0.1) is 0 Å². The predicted molar refractivity (Wildman–Crippen MR) is 99.7 cm³/mol. The third-order valence-electron chi connectivity index (χ3n) is 3.74. The van der Waals surface area contributed by atoms with Crippen LogP contribution < -0.4 is 20.1 Å². The van der Waals surface area contributed by atoms with Gasteiger partial charge in [0.15, 0.2) is 0 Å². The molecule has 0 fully saturated rings. The summed E-state index contributed by atoms with van der Waals surface area (Å²) >= 11 is 0. The van der Waals surface area contributed by atoms with Gasteiger partial charge in [0.1, 0.15) is 11.5 Å². The van der Waals surface area contributed by atoms with Crippen LogP contribution in [0.15, 0.2) is 48.5 Å². The van der Waals surface area contributed by atoms with Crippen molar-refractivity contribution in [2.45, 2.75) is 13.3 Å². The largest absolute Gasteiger partial charge is 0.497 e. The first-order valence-electron chi connectivity index (χ1n) is 8.53. The smallest absolute Gasteiger partial charge is 0.255 e. The molecule has 6 nitrogen and oxygen atoms in total. The van der Waals surface area contributed by atoms with Crippen LogP contribution in [-0.4, -0.2) is 38.6 Å². The molecule has 0 aliphatic carbocycles. The first-order chi connectivity index (χ1) is 12.6. The molecule has 0 unspecified atom stereocenters. The molecule has 0 aliphatic rings. The fourth-order valence-electron chi connectivity index (χ4n) is 2.39. The zero-order valence-corrected chi connectivity index (χ0v) is 15.1. The van der Waals surface area contributed by atoms with Gasteiger partial charge in [-0.1, -0.05) is 24.3 Å². The Kier molecular flexibility index (Phi) is 7.49. The van der Waals surface area contributed by atoms with Crippen LogP contribution in [0.5, 0.6) is 11.5 Å². The highest BCUT2D eigenvalue weighted by Gasteiger charge is 2.12. The highest BCUT2D eigenvalue weighted by molar-refractivity contribution is 5.98. The minimum Gasteiger partial charge on any atom is -0.497 e. The summed E-state index contributed by atoms with van der Waals surface area (Å²) in [6.07, 6.45) is 0.705. The van der Waals surface area contributed by atoms with E-state index >= 15 is 0 Å². The lowest BCUT2D eigenvalue weighted by atomic mass is 10.1. The minimum absolute atomic E-state index is 0.0814. The van der Waals surface area contributed by atoms with E-state index in [1.165, 1.54) is 0 Å². The molecule has 2 rings (SSSR count). The predicted octanol–water partition coefficient (Wildman–Crippen LogP) is 2.18. The molecule has 6 heteroatoms. The summed E-state index contributed by atoms with van der Waals surface area (Å²) in [4.78, 5) is 24.1. The molecule has 0 spiro atoms. The van der Waals surface area contributed by atoms with Crippen LogP contribution >= 0.6 is 0 Å². The van der Waals surface area contributed by atoms with Crippen molar-refractivity contribution in [3.63, 3.8) is 0 Å². The molecule has 138 valence electrons. The van der Waals surface area contributed by atoms with E-state index in [1.54, 1.807) is 31.4 Å². The van der Waals surface area contributed by atoms with Gasteiger partial charge >= 0.3 is 0 Å². The highest BCUT2D eigenvalue weighted by atomic mass is 16.5. The second-order valence-corrected chi connectivity index (χ2v) is 5.56. The number of hydrogen-bond acceptors (Lipinski definition) is 4. The molecule has 0 saturated carbocycles. The van der Waals surface area contributed by atoms with Crippen molar-refractivity contribution in [2.24, 2.45) is 0 Å². The highest BCUT2D eigenvalue weighted by Crippen LogP contribution is 2.17. The first kappa shape index (κ1) is 19.3. The van der Waals surface area contributed by atoms with Gasteiger partial charge in [-0.2, -0.15) is 0 Å². The zero-order valence-electron chi connectivity index (χ0n) is 15.1. The number of methoxy groups -OCH3 is 1. The number of nitrogens with one attached hydrogen (secondary N) is 2. The summed E-state index contributed by atoms with van der Waals surface area (Å²) in [6.45, 7) is 2.74. The maximum absolute atomic E-state index is 12.2. The van der Waals surface area contributed by atoms with Crippen LogP contribution in [0.3, 0.4) is 0 Å². The minimum atomic E-state index is -0.334. The van der Waals surface area contributed by atoms with Crippen molar-refractivity contribution in [1.29, 1.82) is 0 Å². The van der Waals surface area contributed by atoms with E-state index in [2.05, 4.69) is 10.6 Å². The van der Waals surface area contributed by atoms with Crippen LogP contribution in [-0.2, 0) is 11.2 Å². The maximum Gasteiger partial charge on any atom is 0.255 e. The molecule has 0 heterocycles. The Bertz CT molecular complexity index is 729. The SMILES string of the molecule is CCOc1ccccc1C(=O)NCC(=O)NCCc1ccc(OC)cc1. The molecule has 0 atom stereocenters. The Labute approximate surface area is 153 Å². The summed E-state index contributed by atoms with van der Waals surface area (Å²) in [5, 5.41) is 5.40. The van der Waals surface area contributed by atoms with Gasteiger partial charge in [0.25, 0.3) is 5.91 Å². The Morgan fingerprint density at radius 3 is 2.42 bits per heavy atom. The van der Waals surface area contributed by atoms with Crippen molar-refractivity contribution < 1.29 is 19.1 Å². The summed E-state index contributed by atoms with van der Waals surface area (Å²) in [5.74, 6) is 0.736. The topological polar surface area (TPSA) is 76.7 Å². The Balaban J connectivity index is 1.75. The Hall–Kier alpha value is -3.02. The number of para-hydroxylation sites is 1. The molecule has 0 aromatic heterocycles. The van der Waals surface area contributed by atoms with Crippen LogP contribution in [0.25, 0.3) is 0 Å². The molecule has 0 aliphatic heterocycles. The number of ether oxygens (including phenoxy) is 2. The average molecular weight is 356 g/mol. The molecule has 2 aromatic carbocycles. The van der Waals surface area contributed by atoms with Crippen LogP contribution in [0.4, 0.5) is 0 Å². The van der Waals surface area contributed by atoms with E-state index in [1.807, 2.05) is 31.2 Å². The van der Waals surface area contributed by atoms with Crippen molar-refractivity contribution in [1.82, 2.24) is 10.6 Å². The van der Waals surface area contributed by atoms with Gasteiger partial charge in [-0.25, -0.2) is 0 Å². The van der Waals surface area contributed by atoms with Gasteiger partial charge in [-0.05, 0) is 43.2 Å². The van der Waals surface area contributed by atoms with Crippen molar-refractivity contribution in [3.8, 4) is 11.5 Å². The third kappa shape index (κ3) is 5.81. The number of carbonyl (C=O) groups excluding carboxylic acids is 2. The second kappa shape index (κ2) is 10.1. The summed E-state index contributed by atoms with van der Waals surface area (Å²) in [7, 11) is 1.62. The summed E-state index contributed by atoms with van der Waals surface area (Å²) < 4.78 is 10.5. The fourth-order valence-corrected chi connectivity index (χ4v) is 2.39. The second-order valence-electron chi connectivity index (χ2n) is 5.56. The molecule has 2 N–H and O–H groups in total. The van der Waals surface area contributed by atoms with Gasteiger partial charge in [0.05, 0.1) is 25.8 Å². The normalized spacial score (nSPS) is 10.1. The van der Waals surface area contributed by atoms with E-state index < -0.39 is 0 Å². The number of rotatable bonds is 9. The lowest BCUT2D eigenvalue weighted by Gasteiger charge is -2.10. The summed E-state index contributed by atoms with van der Waals surface area (Å²) in [6, 6.07) is 14.6. The molecular weight excluding hydrogens is 332 g/mol. The molecule has 2 aromatic rings. The number of carbonyl (C=O) groups is 2. The van der Waals surface area contributed by atoms with E-state index in [9.17, 15) is 9.59 Å². The van der Waals surface area contributed by atoms with Gasteiger partial charge in [-0.3, -0.25) is 9.59 Å². The van der Waals surface area contributed by atoms with Crippen LogP contribution in [0.2, 0.25) is 0 Å². The molecular formula is C20H24N2O4. The Morgan fingerprint density at radius 2 is 1.73 bits per heavy atom. The molecule has 0 radical (unpaired) electrons. The molecule has 2 amide bonds. The Morgan fingerprint density at radius 1 is 1.00 bits per heavy atom. The quantitative estimate of drug-likeness (QED) is 0.722. The maximum atomic E-state index is 12.2. The first-order valence-corrected chi connectivity index (χ1v) is 8.53. The average Bonchev–Trinajstić information content (AvgIpc) is 2.67.